The maximum Gasteiger partial charge on any atom is 0.131 e. The fourth-order valence-electron chi connectivity index (χ4n) is 2.30. The summed E-state index contributed by atoms with van der Waals surface area (Å²) in [4.78, 5) is 0. The van der Waals surface area contributed by atoms with Gasteiger partial charge in [0, 0.05) is 16.8 Å². The van der Waals surface area contributed by atoms with Gasteiger partial charge in [-0.25, -0.2) is 8.78 Å². The first kappa shape index (κ1) is 13.7. The predicted molar refractivity (Wildman–Crippen MR) is 67.8 cm³/mol. The van der Waals surface area contributed by atoms with Crippen LogP contribution < -0.4 is 0 Å². The third kappa shape index (κ3) is 2.51. The van der Waals surface area contributed by atoms with Crippen molar-refractivity contribution in [1.82, 2.24) is 9.78 Å². The lowest BCUT2D eigenvalue weighted by molar-refractivity contribution is 0.197. The van der Waals surface area contributed by atoms with E-state index in [9.17, 15) is 13.9 Å². The van der Waals surface area contributed by atoms with Crippen LogP contribution in [0.25, 0.3) is 0 Å². The maximum atomic E-state index is 13.6. The molecule has 2 rings (SSSR count). The van der Waals surface area contributed by atoms with Crippen LogP contribution in [0.4, 0.5) is 8.78 Å². The van der Waals surface area contributed by atoms with Crippen molar-refractivity contribution in [2.24, 2.45) is 0 Å². The molecule has 0 radical (unpaired) electrons. The van der Waals surface area contributed by atoms with Gasteiger partial charge in [-0.2, -0.15) is 5.10 Å². The Balaban J connectivity index is 2.42. The molecule has 1 aromatic heterocycles. The molecule has 19 heavy (non-hydrogen) atoms. The monoisotopic (exact) mass is 266 g/mol. The highest BCUT2D eigenvalue weighted by Crippen LogP contribution is 2.22. The zero-order valence-electron chi connectivity index (χ0n) is 11.1. The quantitative estimate of drug-likeness (QED) is 0.927. The molecule has 0 aliphatic heterocycles. The third-order valence-corrected chi connectivity index (χ3v) is 3.22. The minimum atomic E-state index is -0.654. The van der Waals surface area contributed by atoms with Crippen molar-refractivity contribution in [2.75, 3.05) is 0 Å². The molecule has 0 fully saturated rings. The Morgan fingerprint density at radius 1 is 1.26 bits per heavy atom. The fraction of sp³-hybridized carbons (Fsp3) is 0.357. The van der Waals surface area contributed by atoms with Crippen LogP contribution in [0.15, 0.2) is 18.2 Å². The van der Waals surface area contributed by atoms with E-state index >= 15 is 0 Å². The fourth-order valence-corrected chi connectivity index (χ4v) is 2.30. The van der Waals surface area contributed by atoms with Gasteiger partial charge in [0.2, 0.25) is 0 Å². The van der Waals surface area contributed by atoms with E-state index in [0.717, 1.165) is 5.69 Å². The van der Waals surface area contributed by atoms with Crippen LogP contribution in [0.3, 0.4) is 0 Å². The van der Waals surface area contributed by atoms with E-state index < -0.39 is 17.7 Å². The van der Waals surface area contributed by atoms with Gasteiger partial charge < -0.3 is 5.11 Å². The highest BCUT2D eigenvalue weighted by Gasteiger charge is 2.17. The van der Waals surface area contributed by atoms with E-state index in [1.807, 2.05) is 0 Å². The van der Waals surface area contributed by atoms with Gasteiger partial charge in [-0.3, -0.25) is 4.68 Å². The predicted octanol–water partition coefficient (Wildman–Crippen LogP) is 2.88. The minimum absolute atomic E-state index is 0.0118. The molecule has 1 N–H and O–H groups in total. The van der Waals surface area contributed by atoms with Crippen molar-refractivity contribution in [3.05, 3.63) is 52.3 Å². The third-order valence-electron chi connectivity index (χ3n) is 3.22. The summed E-state index contributed by atoms with van der Waals surface area (Å²) in [5, 5.41) is 13.9. The second kappa shape index (κ2) is 5.09. The Kier molecular flexibility index (Phi) is 3.66. The van der Waals surface area contributed by atoms with Gasteiger partial charge in [0.05, 0.1) is 18.3 Å². The van der Waals surface area contributed by atoms with Crippen LogP contribution >= 0.6 is 0 Å². The van der Waals surface area contributed by atoms with Crippen LogP contribution in [-0.2, 0) is 6.54 Å². The summed E-state index contributed by atoms with van der Waals surface area (Å²) in [7, 11) is 0. The van der Waals surface area contributed by atoms with E-state index in [1.165, 1.54) is 22.9 Å². The topological polar surface area (TPSA) is 38.0 Å². The van der Waals surface area contributed by atoms with Crippen molar-refractivity contribution in [2.45, 2.75) is 33.4 Å². The van der Waals surface area contributed by atoms with Crippen LogP contribution in [0, 0.1) is 25.5 Å². The first-order chi connectivity index (χ1) is 8.91. The second-order valence-electron chi connectivity index (χ2n) is 4.62. The Morgan fingerprint density at radius 2 is 1.84 bits per heavy atom. The molecule has 1 aromatic carbocycles. The van der Waals surface area contributed by atoms with Gasteiger partial charge in [0.15, 0.2) is 0 Å². The molecule has 0 amide bonds. The van der Waals surface area contributed by atoms with E-state index in [-0.39, 0.29) is 12.1 Å². The summed E-state index contributed by atoms with van der Waals surface area (Å²) in [6.07, 6.45) is -0.654. The van der Waals surface area contributed by atoms with Crippen LogP contribution in [-0.4, -0.2) is 14.9 Å². The lowest BCUT2D eigenvalue weighted by atomic mass is 10.1. The van der Waals surface area contributed by atoms with Gasteiger partial charge in [0.1, 0.15) is 11.6 Å². The SMILES string of the molecule is Cc1nn(Cc2c(F)cccc2F)c(C)c1C(C)O. The molecule has 0 aliphatic rings. The van der Waals surface area contributed by atoms with E-state index in [1.54, 1.807) is 20.8 Å². The highest BCUT2D eigenvalue weighted by atomic mass is 19.1. The molecule has 1 atom stereocenters. The average molecular weight is 266 g/mol. The smallest absolute Gasteiger partial charge is 0.131 e. The summed E-state index contributed by atoms with van der Waals surface area (Å²) in [6.45, 7) is 5.20. The van der Waals surface area contributed by atoms with E-state index in [0.29, 0.717) is 11.3 Å². The number of aliphatic hydroxyl groups is 1. The van der Waals surface area contributed by atoms with Crippen molar-refractivity contribution < 1.29 is 13.9 Å². The molecule has 0 spiro atoms. The molecule has 0 saturated heterocycles. The number of aliphatic hydroxyl groups excluding tert-OH is 1. The van der Waals surface area contributed by atoms with Crippen molar-refractivity contribution >= 4 is 0 Å². The molecule has 3 nitrogen and oxygen atoms in total. The van der Waals surface area contributed by atoms with E-state index in [2.05, 4.69) is 5.10 Å². The molecule has 0 saturated carbocycles. The first-order valence-corrected chi connectivity index (χ1v) is 6.06. The first-order valence-electron chi connectivity index (χ1n) is 6.06. The van der Waals surface area contributed by atoms with Crippen molar-refractivity contribution in [1.29, 1.82) is 0 Å². The molecule has 1 heterocycles. The normalized spacial score (nSPS) is 12.7. The van der Waals surface area contributed by atoms with Crippen LogP contribution in [0.5, 0.6) is 0 Å². The summed E-state index contributed by atoms with van der Waals surface area (Å²) in [5.74, 6) is -1.18. The maximum absolute atomic E-state index is 13.6. The second-order valence-corrected chi connectivity index (χ2v) is 4.62. The molecular formula is C14H16F2N2O. The van der Waals surface area contributed by atoms with Gasteiger partial charge >= 0.3 is 0 Å². The number of rotatable bonds is 3. The Labute approximate surface area is 110 Å². The summed E-state index contributed by atoms with van der Waals surface area (Å²) in [5.41, 5.74) is 2.07. The lowest BCUT2D eigenvalue weighted by Crippen LogP contribution is -2.08. The number of halogens is 2. The average Bonchev–Trinajstić information content (AvgIpc) is 2.59. The molecular weight excluding hydrogens is 250 g/mol. The van der Waals surface area contributed by atoms with Crippen LogP contribution in [0.2, 0.25) is 0 Å². The minimum Gasteiger partial charge on any atom is -0.389 e. The molecule has 5 heteroatoms. The van der Waals surface area contributed by atoms with Gasteiger partial charge in [0.25, 0.3) is 0 Å². The zero-order chi connectivity index (χ0) is 14.2. The number of hydrogen-bond donors (Lipinski definition) is 1. The van der Waals surface area contributed by atoms with Gasteiger partial charge in [-0.05, 0) is 32.9 Å². The lowest BCUT2D eigenvalue weighted by Gasteiger charge is -2.08. The zero-order valence-corrected chi connectivity index (χ0v) is 11.1. The largest absolute Gasteiger partial charge is 0.389 e. The summed E-state index contributed by atoms with van der Waals surface area (Å²) < 4.78 is 28.7. The summed E-state index contributed by atoms with van der Waals surface area (Å²) in [6, 6.07) is 3.77. The molecule has 1 unspecified atom stereocenters. The number of hydrogen-bond acceptors (Lipinski definition) is 2. The highest BCUT2D eigenvalue weighted by molar-refractivity contribution is 5.28. The van der Waals surface area contributed by atoms with Gasteiger partial charge in [-0.1, -0.05) is 6.07 Å². The van der Waals surface area contributed by atoms with Gasteiger partial charge in [-0.15, -0.1) is 0 Å². The number of benzene rings is 1. The Bertz CT molecular complexity index is 585. The molecule has 0 aliphatic carbocycles. The van der Waals surface area contributed by atoms with E-state index in [4.69, 9.17) is 0 Å². The molecule has 0 bridgehead atoms. The molecule has 2 aromatic rings. The summed E-state index contributed by atoms with van der Waals surface area (Å²) >= 11 is 0. The Hall–Kier alpha value is -1.75. The van der Waals surface area contributed by atoms with Crippen molar-refractivity contribution in [3.63, 3.8) is 0 Å². The Morgan fingerprint density at radius 3 is 2.32 bits per heavy atom. The standard InChI is InChI=1S/C14H16F2N2O/c1-8-14(10(3)19)9(2)18(17-8)7-11-12(15)5-4-6-13(11)16/h4-6,10,19H,7H2,1-3H3. The number of aromatic nitrogens is 2. The number of nitrogens with zero attached hydrogens (tertiary/aromatic N) is 2. The molecule has 102 valence electrons. The van der Waals surface area contributed by atoms with Crippen LogP contribution in [0.1, 0.15) is 35.5 Å². The number of aryl methyl sites for hydroxylation is 1. The van der Waals surface area contributed by atoms with Crippen molar-refractivity contribution in [3.8, 4) is 0 Å².